The normalized spacial score (nSPS) is 17.4. The fourth-order valence-corrected chi connectivity index (χ4v) is 3.76. The monoisotopic (exact) mass is 333 g/mol. The molecule has 0 aliphatic carbocycles. The van der Waals surface area contributed by atoms with Gasteiger partial charge in [-0.05, 0) is 62.4 Å². The zero-order valence-corrected chi connectivity index (χ0v) is 15.0. The molecule has 1 aliphatic heterocycles. The molecule has 1 amide bonds. The minimum absolute atomic E-state index is 0.0255. The molecule has 1 atom stereocenters. The molecule has 0 unspecified atom stereocenters. The highest BCUT2D eigenvalue weighted by molar-refractivity contribution is 6.05. The van der Waals surface area contributed by atoms with E-state index in [0.29, 0.717) is 5.69 Å². The first kappa shape index (κ1) is 15.9. The summed E-state index contributed by atoms with van der Waals surface area (Å²) >= 11 is 0. The molecule has 4 rings (SSSR count). The van der Waals surface area contributed by atoms with Gasteiger partial charge in [-0.1, -0.05) is 29.8 Å². The van der Waals surface area contributed by atoms with Crippen LogP contribution in [-0.2, 0) is 0 Å². The minimum atomic E-state index is 0.0255. The van der Waals surface area contributed by atoms with E-state index in [9.17, 15) is 4.79 Å². The Bertz CT molecular complexity index is 957. The minimum Gasteiger partial charge on any atom is -0.330 e. The SMILES string of the molecule is Cc1ccc2[nH]nc(C(=O)N3CCC[C@H]3c3ccc(C)c(C)c3)c2c1. The summed E-state index contributed by atoms with van der Waals surface area (Å²) in [5.74, 6) is 0.0255. The van der Waals surface area contributed by atoms with Crippen LogP contribution < -0.4 is 0 Å². The van der Waals surface area contributed by atoms with Gasteiger partial charge < -0.3 is 4.90 Å². The average molecular weight is 333 g/mol. The first-order chi connectivity index (χ1) is 12.0. The number of aromatic amines is 1. The van der Waals surface area contributed by atoms with Crippen LogP contribution in [0.3, 0.4) is 0 Å². The number of H-pyrrole nitrogens is 1. The zero-order valence-electron chi connectivity index (χ0n) is 15.0. The second kappa shape index (κ2) is 6.03. The first-order valence-corrected chi connectivity index (χ1v) is 8.87. The molecule has 1 aromatic heterocycles. The molecule has 1 N–H and O–H groups in total. The molecule has 0 bridgehead atoms. The highest BCUT2D eigenvalue weighted by Gasteiger charge is 2.32. The van der Waals surface area contributed by atoms with E-state index in [1.807, 2.05) is 30.0 Å². The molecule has 0 saturated carbocycles. The highest BCUT2D eigenvalue weighted by atomic mass is 16.2. The molecule has 4 heteroatoms. The van der Waals surface area contributed by atoms with Crippen molar-refractivity contribution in [1.29, 1.82) is 0 Å². The summed E-state index contributed by atoms with van der Waals surface area (Å²) in [7, 11) is 0. The van der Waals surface area contributed by atoms with Gasteiger partial charge in [0, 0.05) is 11.9 Å². The molecule has 3 aromatic rings. The number of amides is 1. The van der Waals surface area contributed by atoms with Gasteiger partial charge in [0.2, 0.25) is 0 Å². The van der Waals surface area contributed by atoms with E-state index >= 15 is 0 Å². The number of carbonyl (C=O) groups is 1. The summed E-state index contributed by atoms with van der Waals surface area (Å²) in [6.07, 6.45) is 2.04. The van der Waals surface area contributed by atoms with Crippen LogP contribution >= 0.6 is 0 Å². The number of aromatic nitrogens is 2. The van der Waals surface area contributed by atoms with Crippen molar-refractivity contribution in [3.8, 4) is 0 Å². The molecular weight excluding hydrogens is 310 g/mol. The number of fused-ring (bicyclic) bond motifs is 1. The van der Waals surface area contributed by atoms with Gasteiger partial charge >= 0.3 is 0 Å². The molecule has 1 aliphatic rings. The molecule has 0 radical (unpaired) electrons. The maximum Gasteiger partial charge on any atom is 0.275 e. The van der Waals surface area contributed by atoms with Crippen molar-refractivity contribution in [2.24, 2.45) is 0 Å². The van der Waals surface area contributed by atoms with Gasteiger partial charge in [-0.3, -0.25) is 9.89 Å². The van der Waals surface area contributed by atoms with Crippen LogP contribution in [-0.4, -0.2) is 27.5 Å². The number of nitrogens with zero attached hydrogens (tertiary/aromatic N) is 2. The van der Waals surface area contributed by atoms with E-state index in [2.05, 4.69) is 42.2 Å². The topological polar surface area (TPSA) is 49.0 Å². The third kappa shape index (κ3) is 2.72. The van der Waals surface area contributed by atoms with E-state index in [1.165, 1.54) is 16.7 Å². The van der Waals surface area contributed by atoms with Crippen LogP contribution in [0, 0.1) is 20.8 Å². The van der Waals surface area contributed by atoms with E-state index in [0.717, 1.165) is 35.9 Å². The quantitative estimate of drug-likeness (QED) is 0.752. The predicted molar refractivity (Wildman–Crippen MR) is 99.8 cm³/mol. The van der Waals surface area contributed by atoms with Crippen LogP contribution in [0.5, 0.6) is 0 Å². The second-order valence-corrected chi connectivity index (χ2v) is 7.12. The Balaban J connectivity index is 1.70. The largest absolute Gasteiger partial charge is 0.330 e. The zero-order chi connectivity index (χ0) is 17.6. The molecule has 0 spiro atoms. The lowest BCUT2D eigenvalue weighted by atomic mass is 9.99. The van der Waals surface area contributed by atoms with Crippen LogP contribution in [0.2, 0.25) is 0 Å². The summed E-state index contributed by atoms with van der Waals surface area (Å²) in [5, 5.41) is 8.23. The summed E-state index contributed by atoms with van der Waals surface area (Å²) in [5.41, 5.74) is 6.37. The lowest BCUT2D eigenvalue weighted by molar-refractivity contribution is 0.0731. The molecule has 2 heterocycles. The van der Waals surface area contributed by atoms with Crippen LogP contribution in [0.15, 0.2) is 36.4 Å². The third-order valence-electron chi connectivity index (χ3n) is 5.35. The molecule has 128 valence electrons. The number of hydrogen-bond acceptors (Lipinski definition) is 2. The van der Waals surface area contributed by atoms with E-state index in [-0.39, 0.29) is 11.9 Å². The van der Waals surface area contributed by atoms with Gasteiger partial charge in [-0.25, -0.2) is 0 Å². The number of rotatable bonds is 2. The van der Waals surface area contributed by atoms with Crippen molar-refractivity contribution in [3.63, 3.8) is 0 Å². The van der Waals surface area contributed by atoms with Gasteiger partial charge in [0.25, 0.3) is 5.91 Å². The van der Waals surface area contributed by atoms with Gasteiger partial charge in [-0.15, -0.1) is 0 Å². The van der Waals surface area contributed by atoms with E-state index in [4.69, 9.17) is 0 Å². The van der Waals surface area contributed by atoms with Gasteiger partial charge in [0.05, 0.1) is 11.6 Å². The van der Waals surface area contributed by atoms with Crippen LogP contribution in [0.25, 0.3) is 10.9 Å². The standard InChI is InChI=1S/C21H23N3O/c1-13-6-9-18-17(11-13)20(23-22-18)21(25)24-10-4-5-19(24)16-8-7-14(2)15(3)12-16/h6-9,11-12,19H,4-5,10H2,1-3H3,(H,22,23)/t19-/m0/s1. The van der Waals surface area contributed by atoms with Crippen molar-refractivity contribution in [1.82, 2.24) is 15.1 Å². The molecule has 2 aromatic carbocycles. The third-order valence-corrected chi connectivity index (χ3v) is 5.35. The number of aryl methyl sites for hydroxylation is 3. The molecule has 25 heavy (non-hydrogen) atoms. The number of carbonyl (C=O) groups excluding carboxylic acids is 1. The maximum atomic E-state index is 13.2. The number of nitrogens with one attached hydrogen (secondary N) is 1. The fourth-order valence-electron chi connectivity index (χ4n) is 3.76. The molecular formula is C21H23N3O. The van der Waals surface area contributed by atoms with Crippen LogP contribution in [0.1, 0.15) is 51.6 Å². The number of hydrogen-bond donors (Lipinski definition) is 1. The van der Waals surface area contributed by atoms with Gasteiger partial charge in [-0.2, -0.15) is 5.10 Å². The summed E-state index contributed by atoms with van der Waals surface area (Å²) < 4.78 is 0. The second-order valence-electron chi connectivity index (χ2n) is 7.12. The Morgan fingerprint density at radius 2 is 1.96 bits per heavy atom. The summed E-state index contributed by atoms with van der Waals surface area (Å²) in [6.45, 7) is 7.07. The first-order valence-electron chi connectivity index (χ1n) is 8.87. The Hall–Kier alpha value is -2.62. The summed E-state index contributed by atoms with van der Waals surface area (Å²) in [4.78, 5) is 15.2. The lowest BCUT2D eigenvalue weighted by Gasteiger charge is -2.25. The van der Waals surface area contributed by atoms with Crippen molar-refractivity contribution in [2.45, 2.75) is 39.7 Å². The maximum absolute atomic E-state index is 13.2. The van der Waals surface area contributed by atoms with Crippen molar-refractivity contribution in [3.05, 3.63) is 64.3 Å². The number of benzene rings is 2. The van der Waals surface area contributed by atoms with Crippen LogP contribution in [0.4, 0.5) is 0 Å². The lowest BCUT2D eigenvalue weighted by Crippen LogP contribution is -2.31. The predicted octanol–water partition coefficient (Wildman–Crippen LogP) is 4.47. The molecule has 1 saturated heterocycles. The van der Waals surface area contributed by atoms with Crippen molar-refractivity contribution in [2.75, 3.05) is 6.54 Å². The molecule has 4 nitrogen and oxygen atoms in total. The smallest absolute Gasteiger partial charge is 0.275 e. The summed E-state index contributed by atoms with van der Waals surface area (Å²) in [6, 6.07) is 12.7. The Labute approximate surface area is 147 Å². The van der Waals surface area contributed by atoms with Gasteiger partial charge in [0.1, 0.15) is 0 Å². The Morgan fingerprint density at radius 1 is 1.12 bits per heavy atom. The van der Waals surface area contributed by atoms with Crippen molar-refractivity contribution >= 4 is 16.8 Å². The van der Waals surface area contributed by atoms with E-state index < -0.39 is 0 Å². The van der Waals surface area contributed by atoms with E-state index in [1.54, 1.807) is 0 Å². The van der Waals surface area contributed by atoms with Gasteiger partial charge in [0.15, 0.2) is 5.69 Å². The van der Waals surface area contributed by atoms with Crippen molar-refractivity contribution < 1.29 is 4.79 Å². The highest BCUT2D eigenvalue weighted by Crippen LogP contribution is 2.34. The number of likely N-dealkylation sites (tertiary alicyclic amines) is 1. The Morgan fingerprint density at radius 3 is 2.76 bits per heavy atom. The Kier molecular flexibility index (Phi) is 3.83. The average Bonchev–Trinajstić information content (AvgIpc) is 3.23. The molecule has 1 fully saturated rings. The fraction of sp³-hybridized carbons (Fsp3) is 0.333.